The first-order valence-electron chi connectivity index (χ1n) is 7.19. The minimum atomic E-state index is -0.740. The Hall–Kier alpha value is -1.42. The molecule has 1 aliphatic heterocycles. The van der Waals surface area contributed by atoms with Crippen molar-refractivity contribution in [3.63, 3.8) is 0 Å². The summed E-state index contributed by atoms with van der Waals surface area (Å²) < 4.78 is 13.4. The topological polar surface area (TPSA) is 40.5 Å². The van der Waals surface area contributed by atoms with Crippen LogP contribution in [0.25, 0.3) is 0 Å². The zero-order valence-electron chi connectivity index (χ0n) is 12.1. The van der Waals surface area contributed by atoms with Crippen LogP contribution in [-0.4, -0.2) is 29.1 Å². The average Bonchev–Trinajstić information content (AvgIpc) is 2.40. The number of hydrogen-bond acceptors (Lipinski definition) is 2. The number of hydrogen-bond donors (Lipinski definition) is 1. The molecule has 110 valence electrons. The summed E-state index contributed by atoms with van der Waals surface area (Å²) in [6, 6.07) is 6.72. The van der Waals surface area contributed by atoms with Crippen molar-refractivity contribution >= 4 is 5.97 Å². The minimum absolute atomic E-state index is 0.0877. The summed E-state index contributed by atoms with van der Waals surface area (Å²) >= 11 is 0. The summed E-state index contributed by atoms with van der Waals surface area (Å²) in [6.07, 6.45) is 2.42. The Labute approximate surface area is 119 Å². The molecule has 0 aliphatic carbocycles. The molecular formula is C16H22FNO2. The second-order valence-electron chi connectivity index (χ2n) is 5.92. The lowest BCUT2D eigenvalue weighted by Gasteiger charge is -2.41. The molecule has 0 aromatic heterocycles. The van der Waals surface area contributed by atoms with E-state index in [1.165, 1.54) is 6.07 Å². The second kappa shape index (κ2) is 5.92. The maximum absolute atomic E-state index is 13.4. The molecule has 20 heavy (non-hydrogen) atoms. The Morgan fingerprint density at radius 1 is 1.55 bits per heavy atom. The quantitative estimate of drug-likeness (QED) is 0.917. The predicted octanol–water partition coefficient (Wildman–Crippen LogP) is 3.46. The molecule has 1 heterocycles. The molecule has 0 amide bonds. The van der Waals surface area contributed by atoms with Gasteiger partial charge in [-0.3, -0.25) is 9.69 Å². The van der Waals surface area contributed by atoms with Crippen molar-refractivity contribution in [2.24, 2.45) is 5.41 Å². The molecule has 2 rings (SSSR count). The van der Waals surface area contributed by atoms with Crippen molar-refractivity contribution in [1.29, 1.82) is 0 Å². The van der Waals surface area contributed by atoms with Gasteiger partial charge in [0.1, 0.15) is 5.82 Å². The van der Waals surface area contributed by atoms with Crippen molar-refractivity contribution in [2.45, 2.75) is 39.2 Å². The smallest absolute Gasteiger partial charge is 0.310 e. The summed E-state index contributed by atoms with van der Waals surface area (Å²) in [5, 5.41) is 9.40. The number of carboxylic acids is 1. The molecule has 0 radical (unpaired) electrons. The molecule has 4 heteroatoms. The van der Waals surface area contributed by atoms with E-state index in [-0.39, 0.29) is 11.9 Å². The summed E-state index contributed by atoms with van der Waals surface area (Å²) in [5.41, 5.74) is 0.237. The lowest BCUT2D eigenvalue weighted by atomic mass is 9.81. The highest BCUT2D eigenvalue weighted by atomic mass is 19.1. The molecule has 3 nitrogen and oxygen atoms in total. The highest BCUT2D eigenvalue weighted by molar-refractivity contribution is 5.74. The van der Waals surface area contributed by atoms with Crippen molar-refractivity contribution in [3.8, 4) is 0 Å². The summed E-state index contributed by atoms with van der Waals surface area (Å²) in [7, 11) is 0. The number of halogens is 1. The molecular weight excluding hydrogens is 257 g/mol. The van der Waals surface area contributed by atoms with Crippen LogP contribution in [0.15, 0.2) is 24.3 Å². The third-order valence-electron chi connectivity index (χ3n) is 4.30. The fourth-order valence-corrected chi connectivity index (χ4v) is 3.14. The molecule has 2 atom stereocenters. The van der Waals surface area contributed by atoms with E-state index in [0.717, 1.165) is 24.9 Å². The van der Waals surface area contributed by atoms with Crippen LogP contribution < -0.4 is 0 Å². The van der Waals surface area contributed by atoms with Crippen LogP contribution in [0.2, 0.25) is 0 Å². The molecule has 1 fully saturated rings. The van der Waals surface area contributed by atoms with E-state index in [4.69, 9.17) is 0 Å². The van der Waals surface area contributed by atoms with Crippen molar-refractivity contribution in [1.82, 2.24) is 4.90 Å². The molecule has 1 aromatic rings. The largest absolute Gasteiger partial charge is 0.481 e. The maximum Gasteiger partial charge on any atom is 0.310 e. The van der Waals surface area contributed by atoms with Gasteiger partial charge >= 0.3 is 5.97 Å². The maximum atomic E-state index is 13.4. The zero-order chi connectivity index (χ0) is 14.8. The Balaban J connectivity index is 2.21. The first kappa shape index (κ1) is 15.0. The van der Waals surface area contributed by atoms with Gasteiger partial charge in [-0.2, -0.15) is 0 Å². The van der Waals surface area contributed by atoms with Gasteiger partial charge in [0.25, 0.3) is 0 Å². The Kier molecular flexibility index (Phi) is 4.43. The molecule has 1 N–H and O–H groups in total. The molecule has 0 bridgehead atoms. The molecule has 0 spiro atoms. The lowest BCUT2D eigenvalue weighted by molar-refractivity contribution is -0.151. The third kappa shape index (κ3) is 3.01. The highest BCUT2D eigenvalue weighted by Gasteiger charge is 2.39. The zero-order valence-corrected chi connectivity index (χ0v) is 12.1. The Morgan fingerprint density at radius 3 is 2.90 bits per heavy atom. The average molecular weight is 279 g/mol. The van der Waals surface area contributed by atoms with Gasteiger partial charge in [0.15, 0.2) is 0 Å². The van der Waals surface area contributed by atoms with Crippen molar-refractivity contribution < 1.29 is 14.3 Å². The van der Waals surface area contributed by atoms with Crippen LogP contribution in [-0.2, 0) is 4.79 Å². The second-order valence-corrected chi connectivity index (χ2v) is 5.92. The fraction of sp³-hybridized carbons (Fsp3) is 0.562. The Morgan fingerprint density at radius 2 is 2.30 bits per heavy atom. The van der Waals surface area contributed by atoms with Gasteiger partial charge in [-0.25, -0.2) is 4.39 Å². The van der Waals surface area contributed by atoms with Crippen LogP contribution in [0.4, 0.5) is 4.39 Å². The van der Waals surface area contributed by atoms with E-state index in [1.807, 2.05) is 6.07 Å². The Bertz CT molecular complexity index is 491. The number of benzene rings is 1. The molecule has 0 saturated carbocycles. The van der Waals surface area contributed by atoms with E-state index in [9.17, 15) is 14.3 Å². The van der Waals surface area contributed by atoms with Crippen molar-refractivity contribution in [3.05, 3.63) is 35.6 Å². The van der Waals surface area contributed by atoms with Gasteiger partial charge in [0.2, 0.25) is 0 Å². The standard InChI is InChI=1S/C16H22FNO2/c1-3-14(12-6-4-7-13(17)10-12)18-9-5-8-16(2,11-18)15(19)20/h4,6-7,10,14H,3,5,8-9,11H2,1-2H3,(H,19,20). The number of carbonyl (C=O) groups is 1. The summed E-state index contributed by atoms with van der Waals surface area (Å²) in [6.45, 7) is 5.26. The highest BCUT2D eigenvalue weighted by Crippen LogP contribution is 2.35. The van der Waals surface area contributed by atoms with Gasteiger partial charge in [0, 0.05) is 12.6 Å². The van der Waals surface area contributed by atoms with E-state index >= 15 is 0 Å². The minimum Gasteiger partial charge on any atom is -0.481 e. The molecule has 2 unspecified atom stereocenters. The first-order chi connectivity index (χ1) is 9.46. The van der Waals surface area contributed by atoms with Crippen LogP contribution >= 0.6 is 0 Å². The number of likely N-dealkylation sites (tertiary alicyclic amines) is 1. The first-order valence-corrected chi connectivity index (χ1v) is 7.19. The van der Waals surface area contributed by atoms with Crippen molar-refractivity contribution in [2.75, 3.05) is 13.1 Å². The fourth-order valence-electron chi connectivity index (χ4n) is 3.14. The number of aliphatic carboxylic acids is 1. The SMILES string of the molecule is CCC(c1cccc(F)c1)N1CCCC(C)(C(=O)O)C1. The van der Waals surface area contributed by atoms with Crippen LogP contribution in [0.5, 0.6) is 0 Å². The van der Waals surface area contributed by atoms with Gasteiger partial charge in [0.05, 0.1) is 5.41 Å². The third-order valence-corrected chi connectivity index (χ3v) is 4.30. The van der Waals surface area contributed by atoms with E-state index in [1.54, 1.807) is 19.1 Å². The van der Waals surface area contributed by atoms with E-state index in [0.29, 0.717) is 13.0 Å². The van der Waals surface area contributed by atoms with Gasteiger partial charge in [-0.15, -0.1) is 0 Å². The van der Waals surface area contributed by atoms with Gasteiger partial charge < -0.3 is 5.11 Å². The number of carboxylic acid groups (broad SMARTS) is 1. The van der Waals surface area contributed by atoms with Gasteiger partial charge in [-0.1, -0.05) is 19.1 Å². The number of piperidine rings is 1. The van der Waals surface area contributed by atoms with E-state index in [2.05, 4.69) is 11.8 Å². The monoisotopic (exact) mass is 279 g/mol. The van der Waals surface area contributed by atoms with Crippen LogP contribution in [0, 0.1) is 11.2 Å². The van der Waals surface area contributed by atoms with Crippen LogP contribution in [0.1, 0.15) is 44.7 Å². The summed E-state index contributed by atoms with van der Waals surface area (Å²) in [4.78, 5) is 13.6. The van der Waals surface area contributed by atoms with Crippen LogP contribution in [0.3, 0.4) is 0 Å². The molecule has 1 aliphatic rings. The molecule has 1 aromatic carbocycles. The van der Waals surface area contributed by atoms with Gasteiger partial charge in [-0.05, 0) is 50.4 Å². The number of nitrogens with zero attached hydrogens (tertiary/aromatic N) is 1. The normalized spacial score (nSPS) is 25.4. The lowest BCUT2D eigenvalue weighted by Crippen LogP contribution is -2.47. The van der Waals surface area contributed by atoms with E-state index < -0.39 is 11.4 Å². The molecule has 1 saturated heterocycles. The number of rotatable bonds is 4. The predicted molar refractivity (Wildman–Crippen MR) is 76.0 cm³/mol. The summed E-state index contributed by atoms with van der Waals surface area (Å²) in [5.74, 6) is -0.977.